The Morgan fingerprint density at radius 1 is 1.03 bits per heavy atom. The van der Waals surface area contributed by atoms with Gasteiger partial charge in [0.1, 0.15) is 11.9 Å². The van der Waals surface area contributed by atoms with Crippen molar-refractivity contribution in [3.05, 3.63) is 94.5 Å². The van der Waals surface area contributed by atoms with Crippen LogP contribution in [0.4, 0.5) is 5.82 Å². The van der Waals surface area contributed by atoms with Crippen LogP contribution in [0.15, 0.2) is 77.7 Å². The summed E-state index contributed by atoms with van der Waals surface area (Å²) >= 11 is 0. The van der Waals surface area contributed by atoms with Crippen LogP contribution in [0.2, 0.25) is 0 Å². The van der Waals surface area contributed by atoms with Crippen LogP contribution in [0.3, 0.4) is 0 Å². The number of carbonyl (C=O) groups excluding carboxylic acids is 2. The monoisotopic (exact) mass is 421 g/mol. The zero-order valence-corrected chi connectivity index (χ0v) is 16.3. The largest absolute Gasteiger partial charge is 0.451 e. The summed E-state index contributed by atoms with van der Waals surface area (Å²) in [6.45, 7) is -0.115. The number of anilines is 1. The number of hydrogen-bond acceptors (Lipinski definition) is 7. The zero-order chi connectivity index (χ0) is 21.8. The van der Waals surface area contributed by atoms with E-state index >= 15 is 0 Å². The van der Waals surface area contributed by atoms with Crippen molar-refractivity contribution in [1.29, 1.82) is 0 Å². The second-order valence-electron chi connectivity index (χ2n) is 6.85. The van der Waals surface area contributed by atoms with E-state index in [0.29, 0.717) is 11.1 Å². The van der Waals surface area contributed by atoms with E-state index in [0.717, 1.165) is 4.57 Å². The maximum Gasteiger partial charge on any atom is 0.351 e. The minimum absolute atomic E-state index is 0.0616. The number of esters is 1. The van der Waals surface area contributed by atoms with Crippen LogP contribution in [0.1, 0.15) is 26.9 Å². The fourth-order valence-electron chi connectivity index (χ4n) is 3.17. The topological polar surface area (TPSA) is 120 Å². The van der Waals surface area contributed by atoms with E-state index in [1.165, 1.54) is 12.3 Å². The average Bonchev–Trinajstić information content (AvgIpc) is 3.15. The number of aromatic nitrogens is 2. The van der Waals surface area contributed by atoms with E-state index in [-0.39, 0.29) is 12.4 Å². The Morgan fingerprint density at radius 2 is 1.68 bits per heavy atom. The number of amides is 1. The van der Waals surface area contributed by atoms with Crippen LogP contribution in [-0.2, 0) is 9.47 Å². The van der Waals surface area contributed by atoms with Gasteiger partial charge in [-0.1, -0.05) is 36.4 Å². The molecular weight excluding hydrogens is 402 g/mol. The third-order valence-corrected chi connectivity index (χ3v) is 4.73. The summed E-state index contributed by atoms with van der Waals surface area (Å²) < 4.78 is 12.0. The number of rotatable bonds is 5. The van der Waals surface area contributed by atoms with Crippen LogP contribution in [0, 0.1) is 0 Å². The van der Waals surface area contributed by atoms with Crippen molar-refractivity contribution in [2.24, 2.45) is 0 Å². The van der Waals surface area contributed by atoms with Gasteiger partial charge in [0.05, 0.1) is 12.2 Å². The van der Waals surface area contributed by atoms with Gasteiger partial charge in [-0.25, -0.2) is 9.59 Å². The Balaban J connectivity index is 1.51. The first-order valence-electron chi connectivity index (χ1n) is 9.54. The van der Waals surface area contributed by atoms with Gasteiger partial charge in [-0.2, -0.15) is 4.98 Å². The molecule has 1 saturated heterocycles. The van der Waals surface area contributed by atoms with Crippen LogP contribution in [0.5, 0.6) is 0 Å². The zero-order valence-electron chi connectivity index (χ0n) is 16.3. The number of nitrogens with zero attached hydrogens (tertiary/aromatic N) is 2. The van der Waals surface area contributed by atoms with Crippen LogP contribution in [-0.4, -0.2) is 45.3 Å². The van der Waals surface area contributed by atoms with E-state index in [2.05, 4.69) is 10.3 Å². The van der Waals surface area contributed by atoms with E-state index in [1.54, 1.807) is 60.7 Å². The van der Waals surface area contributed by atoms with Gasteiger partial charge < -0.3 is 19.9 Å². The van der Waals surface area contributed by atoms with Gasteiger partial charge in [-0.3, -0.25) is 9.36 Å². The molecule has 2 heterocycles. The number of ether oxygens (including phenoxy) is 2. The second kappa shape index (κ2) is 8.90. The molecule has 3 atom stereocenters. The molecule has 0 bridgehead atoms. The SMILES string of the molecule is O=C(Nc1ccn([C@@H]2OC[C@H](O)[C@H]2OC(=O)c2ccccc2)c(=O)n1)c1ccccc1. The summed E-state index contributed by atoms with van der Waals surface area (Å²) in [6.07, 6.45) is -1.90. The molecule has 3 aromatic rings. The number of hydrogen-bond donors (Lipinski definition) is 2. The lowest BCUT2D eigenvalue weighted by molar-refractivity contribution is -0.0435. The Hall–Kier alpha value is -3.82. The Kier molecular flexibility index (Phi) is 5.87. The molecule has 0 aliphatic carbocycles. The van der Waals surface area contributed by atoms with Gasteiger partial charge in [0.25, 0.3) is 5.91 Å². The predicted molar refractivity (Wildman–Crippen MR) is 110 cm³/mol. The van der Waals surface area contributed by atoms with Gasteiger partial charge in [0.2, 0.25) is 0 Å². The normalized spacial score (nSPS) is 20.2. The molecule has 2 N–H and O–H groups in total. The van der Waals surface area contributed by atoms with Crippen molar-refractivity contribution in [1.82, 2.24) is 9.55 Å². The fraction of sp³-hybridized carbons (Fsp3) is 0.182. The van der Waals surface area contributed by atoms with Gasteiger partial charge in [0.15, 0.2) is 12.3 Å². The molecule has 1 fully saturated rings. The lowest BCUT2D eigenvalue weighted by Crippen LogP contribution is -2.38. The third kappa shape index (κ3) is 4.52. The Morgan fingerprint density at radius 3 is 2.32 bits per heavy atom. The van der Waals surface area contributed by atoms with Crippen molar-refractivity contribution in [2.45, 2.75) is 18.4 Å². The summed E-state index contributed by atoms with van der Waals surface area (Å²) in [7, 11) is 0. The van der Waals surface area contributed by atoms with E-state index in [1.807, 2.05) is 0 Å². The maximum absolute atomic E-state index is 12.6. The smallest absolute Gasteiger partial charge is 0.351 e. The van der Waals surface area contributed by atoms with Crippen molar-refractivity contribution >= 4 is 17.7 Å². The minimum atomic E-state index is -1.11. The summed E-state index contributed by atoms with van der Waals surface area (Å²) in [5, 5.41) is 12.8. The minimum Gasteiger partial charge on any atom is -0.451 e. The van der Waals surface area contributed by atoms with Gasteiger partial charge in [0, 0.05) is 11.8 Å². The van der Waals surface area contributed by atoms with Crippen molar-refractivity contribution < 1.29 is 24.2 Å². The van der Waals surface area contributed by atoms with Crippen LogP contribution in [0.25, 0.3) is 0 Å². The van der Waals surface area contributed by atoms with E-state index in [4.69, 9.17) is 9.47 Å². The number of aliphatic hydroxyl groups excluding tert-OH is 1. The second-order valence-corrected chi connectivity index (χ2v) is 6.85. The van der Waals surface area contributed by atoms with E-state index < -0.39 is 36.0 Å². The molecule has 1 aliphatic rings. The number of benzene rings is 2. The van der Waals surface area contributed by atoms with Crippen LogP contribution >= 0.6 is 0 Å². The lowest BCUT2D eigenvalue weighted by atomic mass is 10.2. The molecule has 1 amide bonds. The number of aliphatic hydroxyl groups is 1. The highest BCUT2D eigenvalue weighted by Crippen LogP contribution is 2.27. The maximum atomic E-state index is 12.6. The Labute approximate surface area is 176 Å². The highest BCUT2D eigenvalue weighted by molar-refractivity contribution is 6.03. The molecular formula is C22H19N3O6. The average molecular weight is 421 g/mol. The number of carbonyl (C=O) groups is 2. The molecule has 1 aromatic heterocycles. The van der Waals surface area contributed by atoms with Gasteiger partial charge in [-0.15, -0.1) is 0 Å². The molecule has 0 saturated carbocycles. The molecule has 0 unspecified atom stereocenters. The third-order valence-electron chi connectivity index (χ3n) is 4.73. The standard InChI is InChI=1S/C22H19N3O6/c26-16-13-30-20(18(16)31-21(28)15-9-5-2-6-10-15)25-12-11-17(24-22(25)29)23-19(27)14-7-3-1-4-8-14/h1-12,16,18,20,26H,13H2,(H,23,24,27,29)/t16-,18+,20+/m0/s1. The molecule has 1 aliphatic heterocycles. The molecule has 31 heavy (non-hydrogen) atoms. The van der Waals surface area contributed by atoms with Gasteiger partial charge in [-0.05, 0) is 30.3 Å². The molecule has 4 rings (SSSR count). The first kappa shape index (κ1) is 20.5. The van der Waals surface area contributed by atoms with Crippen molar-refractivity contribution in [2.75, 3.05) is 11.9 Å². The Bertz CT molecular complexity index is 1130. The number of nitrogens with one attached hydrogen (secondary N) is 1. The predicted octanol–water partition coefficient (Wildman–Crippen LogP) is 1.61. The van der Waals surface area contributed by atoms with Crippen molar-refractivity contribution in [3.8, 4) is 0 Å². The van der Waals surface area contributed by atoms with E-state index in [9.17, 15) is 19.5 Å². The highest BCUT2D eigenvalue weighted by Gasteiger charge is 2.41. The molecule has 9 heteroatoms. The molecule has 0 radical (unpaired) electrons. The van der Waals surface area contributed by atoms with Gasteiger partial charge >= 0.3 is 11.7 Å². The first-order chi connectivity index (χ1) is 15.0. The fourth-order valence-corrected chi connectivity index (χ4v) is 3.17. The summed E-state index contributed by atoms with van der Waals surface area (Å²) in [5.41, 5.74) is -0.000804. The van der Waals surface area contributed by atoms with Crippen molar-refractivity contribution in [3.63, 3.8) is 0 Å². The molecule has 9 nitrogen and oxygen atoms in total. The first-order valence-corrected chi connectivity index (χ1v) is 9.54. The molecule has 158 valence electrons. The lowest BCUT2D eigenvalue weighted by Gasteiger charge is -2.22. The molecule has 2 aromatic carbocycles. The highest BCUT2D eigenvalue weighted by atomic mass is 16.6. The summed E-state index contributed by atoms with van der Waals surface area (Å²) in [6, 6.07) is 18.2. The quantitative estimate of drug-likeness (QED) is 0.601. The summed E-state index contributed by atoms with van der Waals surface area (Å²) in [5.74, 6) is -0.994. The molecule has 0 spiro atoms. The van der Waals surface area contributed by atoms with Crippen LogP contribution < -0.4 is 11.0 Å². The summed E-state index contributed by atoms with van der Waals surface area (Å²) in [4.78, 5) is 41.0.